The van der Waals surface area contributed by atoms with Gasteiger partial charge in [0.2, 0.25) is 11.8 Å². The summed E-state index contributed by atoms with van der Waals surface area (Å²) in [5, 5.41) is 2.84. The van der Waals surface area contributed by atoms with Crippen molar-refractivity contribution in [2.24, 2.45) is 0 Å². The number of rotatable bonds is 13. The maximum atomic E-state index is 14.0. The molecule has 0 bridgehead atoms. The zero-order valence-corrected chi connectivity index (χ0v) is 25.0. The van der Waals surface area contributed by atoms with E-state index in [1.54, 1.807) is 62.6 Å². The molecular weight excluding hydrogens is 546 g/mol. The van der Waals surface area contributed by atoms with Gasteiger partial charge in [-0.25, -0.2) is 8.42 Å². The lowest BCUT2D eigenvalue weighted by Crippen LogP contribution is -2.52. The summed E-state index contributed by atoms with van der Waals surface area (Å²) in [5.74, 6) is 0.419. The zero-order chi connectivity index (χ0) is 30.2. The molecule has 0 heterocycles. The van der Waals surface area contributed by atoms with Gasteiger partial charge >= 0.3 is 0 Å². The Morgan fingerprint density at radius 3 is 2.02 bits per heavy atom. The monoisotopic (exact) mass is 583 g/mol. The summed E-state index contributed by atoms with van der Waals surface area (Å²) in [7, 11) is 0.264. The fraction of sp³-hybridized carbons (Fsp3) is 0.333. The summed E-state index contributed by atoms with van der Waals surface area (Å²) < 4.78 is 44.8. The maximum Gasteiger partial charge on any atom is 0.264 e. The fourth-order valence-electron chi connectivity index (χ4n) is 4.14. The minimum Gasteiger partial charge on any atom is -0.497 e. The van der Waals surface area contributed by atoms with Crippen LogP contribution in [-0.4, -0.2) is 65.1 Å². The molecule has 0 saturated carbocycles. The highest BCUT2D eigenvalue weighted by Gasteiger charge is 2.33. The zero-order valence-electron chi connectivity index (χ0n) is 24.2. The summed E-state index contributed by atoms with van der Waals surface area (Å²) in [5.41, 5.74) is 0.940. The predicted octanol–water partition coefficient (Wildman–Crippen LogP) is 3.85. The summed E-state index contributed by atoms with van der Waals surface area (Å²) in [6.07, 6.45) is 0. The molecule has 0 unspecified atom stereocenters. The van der Waals surface area contributed by atoms with E-state index in [9.17, 15) is 18.0 Å². The molecule has 0 aliphatic heterocycles. The van der Waals surface area contributed by atoms with Gasteiger partial charge in [-0.2, -0.15) is 0 Å². The van der Waals surface area contributed by atoms with Crippen molar-refractivity contribution in [1.82, 2.24) is 10.2 Å². The Kier molecular flexibility index (Phi) is 10.6. The van der Waals surface area contributed by atoms with E-state index in [-0.39, 0.29) is 29.1 Å². The molecule has 3 aromatic rings. The van der Waals surface area contributed by atoms with E-state index in [0.29, 0.717) is 17.2 Å². The Hall–Kier alpha value is -4.25. The van der Waals surface area contributed by atoms with Crippen LogP contribution in [0.15, 0.2) is 77.7 Å². The Morgan fingerprint density at radius 1 is 0.829 bits per heavy atom. The van der Waals surface area contributed by atoms with Crippen LogP contribution in [0.5, 0.6) is 17.2 Å². The number of anilines is 1. The first kappa shape index (κ1) is 31.3. The van der Waals surface area contributed by atoms with E-state index in [0.717, 1.165) is 9.87 Å². The van der Waals surface area contributed by atoms with Gasteiger partial charge in [-0.15, -0.1) is 0 Å². The lowest BCUT2D eigenvalue weighted by atomic mass is 10.1. The van der Waals surface area contributed by atoms with Crippen molar-refractivity contribution in [2.45, 2.75) is 44.3 Å². The fourth-order valence-corrected chi connectivity index (χ4v) is 5.57. The van der Waals surface area contributed by atoms with Crippen LogP contribution in [0.3, 0.4) is 0 Å². The van der Waals surface area contributed by atoms with E-state index >= 15 is 0 Å². The van der Waals surface area contributed by atoms with E-state index in [1.165, 1.54) is 43.4 Å². The van der Waals surface area contributed by atoms with Crippen molar-refractivity contribution >= 4 is 27.5 Å². The number of carbonyl (C=O) groups is 2. The van der Waals surface area contributed by atoms with Crippen LogP contribution in [0.2, 0.25) is 0 Å². The van der Waals surface area contributed by atoms with Gasteiger partial charge in [-0.05, 0) is 62.7 Å². The number of carbonyl (C=O) groups excluding carboxylic acids is 2. The minimum absolute atomic E-state index is 0.00916. The molecule has 41 heavy (non-hydrogen) atoms. The second-order valence-corrected chi connectivity index (χ2v) is 11.4. The smallest absolute Gasteiger partial charge is 0.264 e. The Bertz CT molecular complexity index is 1430. The topological polar surface area (TPSA) is 114 Å². The highest BCUT2D eigenvalue weighted by molar-refractivity contribution is 7.92. The molecule has 0 fully saturated rings. The van der Waals surface area contributed by atoms with Crippen LogP contribution < -0.4 is 23.8 Å². The molecule has 11 heteroatoms. The van der Waals surface area contributed by atoms with Crippen molar-refractivity contribution in [3.63, 3.8) is 0 Å². The molecule has 2 amide bonds. The first-order chi connectivity index (χ1) is 19.5. The average molecular weight is 584 g/mol. The van der Waals surface area contributed by atoms with E-state index < -0.39 is 28.5 Å². The number of sulfonamides is 1. The number of ether oxygens (including phenoxy) is 3. The number of amides is 2. The number of methoxy groups -OCH3 is 3. The van der Waals surface area contributed by atoms with Crippen LogP contribution in [0.1, 0.15) is 26.3 Å². The quantitative estimate of drug-likeness (QED) is 0.325. The van der Waals surface area contributed by atoms with E-state index in [4.69, 9.17) is 14.2 Å². The molecular formula is C30H37N3O7S. The molecule has 3 aromatic carbocycles. The maximum absolute atomic E-state index is 14.0. The van der Waals surface area contributed by atoms with Crippen molar-refractivity contribution in [1.29, 1.82) is 0 Å². The lowest BCUT2D eigenvalue weighted by Gasteiger charge is -2.32. The number of benzene rings is 3. The summed E-state index contributed by atoms with van der Waals surface area (Å²) in [4.78, 5) is 28.4. The van der Waals surface area contributed by atoms with Gasteiger partial charge in [0.25, 0.3) is 10.0 Å². The van der Waals surface area contributed by atoms with Gasteiger partial charge in [0.05, 0.1) is 31.9 Å². The molecule has 0 spiro atoms. The third-order valence-corrected chi connectivity index (χ3v) is 8.16. The van der Waals surface area contributed by atoms with Crippen molar-refractivity contribution in [2.75, 3.05) is 32.2 Å². The SMILES string of the molecule is COc1ccc(CN(C(=O)CN(c2ccc(OC)c(OC)c2)S(=O)(=O)c2ccccc2)[C@@H](C)C(=O)NC(C)C)cc1. The first-order valence-corrected chi connectivity index (χ1v) is 14.5. The highest BCUT2D eigenvalue weighted by Crippen LogP contribution is 2.34. The van der Waals surface area contributed by atoms with Crippen LogP contribution in [0.25, 0.3) is 0 Å². The van der Waals surface area contributed by atoms with Gasteiger partial charge in [0.15, 0.2) is 11.5 Å². The molecule has 0 aliphatic carbocycles. The minimum atomic E-state index is -4.20. The van der Waals surface area contributed by atoms with Crippen molar-refractivity contribution in [3.05, 3.63) is 78.4 Å². The molecule has 10 nitrogen and oxygen atoms in total. The van der Waals surface area contributed by atoms with Gasteiger partial charge < -0.3 is 24.4 Å². The van der Waals surface area contributed by atoms with Gasteiger partial charge in [0.1, 0.15) is 18.3 Å². The Balaban J connectivity index is 2.07. The Labute approximate surface area is 241 Å². The largest absolute Gasteiger partial charge is 0.497 e. The molecule has 3 rings (SSSR count). The normalized spacial score (nSPS) is 11.9. The molecule has 1 atom stereocenters. The number of hydrogen-bond acceptors (Lipinski definition) is 7. The lowest BCUT2D eigenvalue weighted by molar-refractivity contribution is -0.139. The van der Waals surface area contributed by atoms with Crippen LogP contribution in [0.4, 0.5) is 5.69 Å². The molecule has 1 N–H and O–H groups in total. The Morgan fingerprint density at radius 2 is 1.46 bits per heavy atom. The van der Waals surface area contributed by atoms with Crippen molar-refractivity contribution in [3.8, 4) is 17.2 Å². The number of hydrogen-bond donors (Lipinski definition) is 1. The average Bonchev–Trinajstić information content (AvgIpc) is 2.98. The molecule has 220 valence electrons. The highest BCUT2D eigenvalue weighted by atomic mass is 32.2. The molecule has 0 radical (unpaired) electrons. The van der Waals surface area contributed by atoms with Crippen LogP contribution >= 0.6 is 0 Å². The van der Waals surface area contributed by atoms with Crippen LogP contribution in [-0.2, 0) is 26.2 Å². The standard InChI is InChI=1S/C30H37N3O7S/c1-21(2)31-30(35)22(3)32(19-23-12-15-25(38-4)16-13-23)29(34)20-33(41(36,37)26-10-8-7-9-11-26)24-14-17-27(39-5)28(18-24)40-6/h7-18,21-22H,19-20H2,1-6H3,(H,31,35)/t22-/m0/s1. The molecule has 0 saturated heterocycles. The summed E-state index contributed by atoms with van der Waals surface area (Å²) >= 11 is 0. The summed E-state index contributed by atoms with van der Waals surface area (Å²) in [6.45, 7) is 4.77. The van der Waals surface area contributed by atoms with Crippen molar-refractivity contribution < 1.29 is 32.2 Å². The van der Waals surface area contributed by atoms with E-state index in [1.807, 2.05) is 13.8 Å². The third-order valence-electron chi connectivity index (χ3n) is 6.38. The number of nitrogens with one attached hydrogen (secondary N) is 1. The van der Waals surface area contributed by atoms with Crippen LogP contribution in [0, 0.1) is 0 Å². The van der Waals surface area contributed by atoms with E-state index in [2.05, 4.69) is 5.32 Å². The molecule has 0 aromatic heterocycles. The van der Waals surface area contributed by atoms with Gasteiger partial charge in [0, 0.05) is 18.7 Å². The second-order valence-electron chi connectivity index (χ2n) is 9.57. The molecule has 0 aliphatic rings. The van der Waals surface area contributed by atoms with Gasteiger partial charge in [-0.3, -0.25) is 13.9 Å². The summed E-state index contributed by atoms with van der Waals surface area (Å²) in [6, 6.07) is 18.5. The van der Waals surface area contributed by atoms with Gasteiger partial charge in [-0.1, -0.05) is 30.3 Å². The predicted molar refractivity (Wildman–Crippen MR) is 157 cm³/mol. The first-order valence-electron chi connectivity index (χ1n) is 13.0. The third kappa shape index (κ3) is 7.69. The second kappa shape index (κ2) is 13.9. The number of nitrogens with zero attached hydrogens (tertiary/aromatic N) is 2.